The van der Waals surface area contributed by atoms with Crippen LogP contribution in [0.1, 0.15) is 50.0 Å². The SMILES string of the molecule is CCc1cnc(C(C)NCC(C)(CC)CN)s1. The highest BCUT2D eigenvalue weighted by Crippen LogP contribution is 2.23. The summed E-state index contributed by atoms with van der Waals surface area (Å²) in [6.45, 7) is 10.4. The lowest BCUT2D eigenvalue weighted by Gasteiger charge is -2.28. The van der Waals surface area contributed by atoms with Gasteiger partial charge in [-0.15, -0.1) is 11.3 Å². The Morgan fingerprint density at radius 2 is 2.24 bits per heavy atom. The molecular formula is C13H25N3S. The van der Waals surface area contributed by atoms with Crippen molar-refractivity contribution in [3.05, 3.63) is 16.1 Å². The molecule has 0 aromatic carbocycles. The predicted molar refractivity (Wildman–Crippen MR) is 75.4 cm³/mol. The number of nitrogens with zero attached hydrogens (tertiary/aromatic N) is 1. The molecule has 0 amide bonds. The molecule has 0 aliphatic carbocycles. The van der Waals surface area contributed by atoms with Gasteiger partial charge in [-0.3, -0.25) is 0 Å². The molecule has 0 aliphatic heterocycles. The standard InChI is InChI=1S/C13H25N3S/c1-5-11-7-15-12(17-11)10(3)16-9-13(4,6-2)8-14/h7,10,16H,5-6,8-9,14H2,1-4H3. The minimum atomic E-state index is 0.194. The summed E-state index contributed by atoms with van der Waals surface area (Å²) in [7, 11) is 0. The van der Waals surface area contributed by atoms with Gasteiger partial charge in [0, 0.05) is 17.6 Å². The molecule has 1 aromatic heterocycles. The van der Waals surface area contributed by atoms with Crippen LogP contribution in [-0.2, 0) is 6.42 Å². The van der Waals surface area contributed by atoms with E-state index in [0.29, 0.717) is 6.04 Å². The number of aromatic nitrogens is 1. The topological polar surface area (TPSA) is 50.9 Å². The van der Waals surface area contributed by atoms with E-state index in [1.807, 2.05) is 6.20 Å². The Bertz CT molecular complexity index is 331. The molecule has 17 heavy (non-hydrogen) atoms. The van der Waals surface area contributed by atoms with Crippen LogP contribution < -0.4 is 11.1 Å². The second kappa shape index (κ2) is 6.47. The van der Waals surface area contributed by atoms with E-state index in [0.717, 1.165) is 25.9 Å². The van der Waals surface area contributed by atoms with Gasteiger partial charge in [0.2, 0.25) is 0 Å². The molecule has 0 fully saturated rings. The number of nitrogens with two attached hydrogens (primary N) is 1. The minimum absolute atomic E-state index is 0.194. The Balaban J connectivity index is 2.51. The van der Waals surface area contributed by atoms with Crippen molar-refractivity contribution < 1.29 is 0 Å². The third-order valence-electron chi connectivity index (χ3n) is 3.47. The average Bonchev–Trinajstić information content (AvgIpc) is 2.84. The number of rotatable bonds is 7. The third kappa shape index (κ3) is 4.05. The summed E-state index contributed by atoms with van der Waals surface area (Å²) in [5.41, 5.74) is 6.01. The van der Waals surface area contributed by atoms with Crippen molar-refractivity contribution in [2.24, 2.45) is 11.1 Å². The molecule has 0 aliphatic rings. The maximum Gasteiger partial charge on any atom is 0.109 e. The first-order chi connectivity index (χ1) is 8.04. The van der Waals surface area contributed by atoms with Crippen LogP contribution in [0.25, 0.3) is 0 Å². The highest BCUT2D eigenvalue weighted by Gasteiger charge is 2.21. The van der Waals surface area contributed by atoms with Gasteiger partial charge in [0.05, 0.1) is 6.04 Å². The molecule has 0 radical (unpaired) electrons. The lowest BCUT2D eigenvalue weighted by molar-refractivity contribution is 0.291. The van der Waals surface area contributed by atoms with Gasteiger partial charge in [-0.25, -0.2) is 4.98 Å². The zero-order valence-corrected chi connectivity index (χ0v) is 12.2. The molecule has 0 bridgehead atoms. The van der Waals surface area contributed by atoms with Crippen LogP contribution in [0.5, 0.6) is 0 Å². The first-order valence-electron chi connectivity index (χ1n) is 6.42. The molecule has 1 aromatic rings. The molecular weight excluding hydrogens is 230 g/mol. The van der Waals surface area contributed by atoms with Crippen molar-refractivity contribution in [2.75, 3.05) is 13.1 Å². The first kappa shape index (κ1) is 14.6. The monoisotopic (exact) mass is 255 g/mol. The van der Waals surface area contributed by atoms with E-state index in [9.17, 15) is 0 Å². The summed E-state index contributed by atoms with van der Waals surface area (Å²) in [4.78, 5) is 5.82. The lowest BCUT2D eigenvalue weighted by Crippen LogP contribution is -2.38. The first-order valence-corrected chi connectivity index (χ1v) is 7.24. The van der Waals surface area contributed by atoms with Crippen LogP contribution in [0.15, 0.2) is 6.20 Å². The molecule has 3 N–H and O–H groups in total. The van der Waals surface area contributed by atoms with Crippen LogP contribution in [0.3, 0.4) is 0 Å². The summed E-state index contributed by atoms with van der Waals surface area (Å²) in [6, 6.07) is 0.317. The zero-order valence-electron chi connectivity index (χ0n) is 11.4. The number of thiazole rings is 1. The van der Waals surface area contributed by atoms with Crippen molar-refractivity contribution in [3.63, 3.8) is 0 Å². The average molecular weight is 255 g/mol. The smallest absolute Gasteiger partial charge is 0.109 e. The minimum Gasteiger partial charge on any atom is -0.330 e. The van der Waals surface area contributed by atoms with Crippen LogP contribution in [0.2, 0.25) is 0 Å². The largest absolute Gasteiger partial charge is 0.330 e. The van der Waals surface area contributed by atoms with E-state index in [2.05, 4.69) is 38.0 Å². The van der Waals surface area contributed by atoms with Crippen LogP contribution in [0.4, 0.5) is 0 Å². The van der Waals surface area contributed by atoms with Crippen molar-refractivity contribution in [3.8, 4) is 0 Å². The van der Waals surface area contributed by atoms with Gasteiger partial charge in [-0.05, 0) is 31.7 Å². The molecule has 3 nitrogen and oxygen atoms in total. The van der Waals surface area contributed by atoms with Crippen molar-refractivity contribution in [1.29, 1.82) is 0 Å². The summed E-state index contributed by atoms with van der Waals surface area (Å²) < 4.78 is 0. The second-order valence-electron chi connectivity index (χ2n) is 4.99. The molecule has 1 heterocycles. The van der Waals surface area contributed by atoms with Gasteiger partial charge >= 0.3 is 0 Å². The van der Waals surface area contributed by atoms with Gasteiger partial charge in [-0.1, -0.05) is 20.8 Å². The fraction of sp³-hybridized carbons (Fsp3) is 0.769. The Labute approximate surface area is 109 Å². The normalized spacial score (nSPS) is 16.8. The van der Waals surface area contributed by atoms with Crippen LogP contribution in [0, 0.1) is 5.41 Å². The molecule has 98 valence electrons. The van der Waals surface area contributed by atoms with E-state index in [1.54, 1.807) is 11.3 Å². The van der Waals surface area contributed by atoms with E-state index in [-0.39, 0.29) is 5.41 Å². The van der Waals surface area contributed by atoms with Crippen LogP contribution >= 0.6 is 11.3 Å². The lowest BCUT2D eigenvalue weighted by atomic mass is 9.87. The summed E-state index contributed by atoms with van der Waals surface area (Å²) in [5.74, 6) is 0. The Hall–Kier alpha value is -0.450. The number of hydrogen-bond donors (Lipinski definition) is 2. The zero-order chi connectivity index (χ0) is 12.9. The van der Waals surface area contributed by atoms with E-state index >= 15 is 0 Å². The van der Waals surface area contributed by atoms with Gasteiger partial charge < -0.3 is 11.1 Å². The van der Waals surface area contributed by atoms with Crippen molar-refractivity contribution in [2.45, 2.75) is 46.6 Å². The van der Waals surface area contributed by atoms with Crippen molar-refractivity contribution in [1.82, 2.24) is 10.3 Å². The van der Waals surface area contributed by atoms with Gasteiger partial charge in [0.15, 0.2) is 0 Å². The molecule has 0 saturated heterocycles. The van der Waals surface area contributed by atoms with E-state index in [1.165, 1.54) is 9.88 Å². The molecule has 2 unspecified atom stereocenters. The summed E-state index contributed by atoms with van der Waals surface area (Å²) in [5, 5.41) is 4.72. The quantitative estimate of drug-likeness (QED) is 0.787. The Morgan fingerprint density at radius 3 is 2.71 bits per heavy atom. The highest BCUT2D eigenvalue weighted by atomic mass is 32.1. The molecule has 4 heteroatoms. The van der Waals surface area contributed by atoms with E-state index in [4.69, 9.17) is 5.73 Å². The molecule has 0 saturated carbocycles. The van der Waals surface area contributed by atoms with E-state index < -0.39 is 0 Å². The maximum atomic E-state index is 5.82. The van der Waals surface area contributed by atoms with Gasteiger partial charge in [-0.2, -0.15) is 0 Å². The van der Waals surface area contributed by atoms with Crippen LogP contribution in [-0.4, -0.2) is 18.1 Å². The van der Waals surface area contributed by atoms with Gasteiger partial charge in [0.1, 0.15) is 5.01 Å². The Kier molecular flexibility index (Phi) is 5.56. The molecule has 0 spiro atoms. The maximum absolute atomic E-state index is 5.82. The second-order valence-corrected chi connectivity index (χ2v) is 6.14. The predicted octanol–water partition coefficient (Wildman–Crippen LogP) is 2.73. The highest BCUT2D eigenvalue weighted by molar-refractivity contribution is 7.11. The Morgan fingerprint density at radius 1 is 1.53 bits per heavy atom. The third-order valence-corrected chi connectivity index (χ3v) is 4.80. The molecule has 1 rings (SSSR count). The van der Waals surface area contributed by atoms with Gasteiger partial charge in [0.25, 0.3) is 0 Å². The summed E-state index contributed by atoms with van der Waals surface area (Å²) in [6.07, 6.45) is 4.15. The fourth-order valence-corrected chi connectivity index (χ4v) is 2.40. The fourth-order valence-electron chi connectivity index (χ4n) is 1.51. The number of aryl methyl sites for hydroxylation is 1. The number of nitrogens with one attached hydrogen (secondary N) is 1. The molecule has 2 atom stereocenters. The van der Waals surface area contributed by atoms with Crippen molar-refractivity contribution >= 4 is 11.3 Å². The summed E-state index contributed by atoms with van der Waals surface area (Å²) >= 11 is 1.80. The number of hydrogen-bond acceptors (Lipinski definition) is 4.